The third-order valence-electron chi connectivity index (χ3n) is 4.02. The molecule has 0 fully saturated rings. The van der Waals surface area contributed by atoms with Crippen molar-refractivity contribution in [1.82, 2.24) is 5.32 Å². The number of nitrogens with one attached hydrogen (secondary N) is 1. The van der Waals surface area contributed by atoms with Crippen LogP contribution in [-0.2, 0) is 19.0 Å². The maximum absolute atomic E-state index is 12.3. The van der Waals surface area contributed by atoms with Crippen LogP contribution in [0.3, 0.4) is 0 Å². The number of carbonyl (C=O) groups excluding carboxylic acids is 2. The summed E-state index contributed by atoms with van der Waals surface area (Å²) in [5.41, 5.74) is 2.23. The van der Waals surface area contributed by atoms with E-state index in [-0.39, 0.29) is 5.57 Å². The summed E-state index contributed by atoms with van der Waals surface area (Å²) in [6.07, 6.45) is 0.884. The second-order valence-corrected chi connectivity index (χ2v) is 5.97. The molecule has 0 aliphatic carbocycles. The molecule has 6 nitrogen and oxygen atoms in total. The van der Waals surface area contributed by atoms with E-state index in [0.29, 0.717) is 17.7 Å². The first kappa shape index (κ1) is 21.0. The highest BCUT2D eigenvalue weighted by Gasteiger charge is 2.25. The number of alkyl carbamates (subject to hydrolysis) is 1. The van der Waals surface area contributed by atoms with Crippen molar-refractivity contribution in [1.29, 1.82) is 0 Å². The fourth-order valence-corrected chi connectivity index (χ4v) is 2.73. The Morgan fingerprint density at radius 1 is 1.04 bits per heavy atom. The molecule has 28 heavy (non-hydrogen) atoms. The minimum absolute atomic E-state index is 0.235. The second kappa shape index (κ2) is 10.8. The lowest BCUT2D eigenvalue weighted by Gasteiger charge is -2.22. The number of benzene rings is 2. The number of hydrogen-bond acceptors (Lipinski definition) is 5. The minimum Gasteiger partial charge on any atom is -0.503 e. The van der Waals surface area contributed by atoms with Gasteiger partial charge in [0.15, 0.2) is 6.10 Å². The van der Waals surface area contributed by atoms with E-state index in [1.807, 2.05) is 49.4 Å². The van der Waals surface area contributed by atoms with Gasteiger partial charge in [0.25, 0.3) is 0 Å². The Balaban J connectivity index is 2.53. The van der Waals surface area contributed by atoms with E-state index in [1.54, 1.807) is 12.1 Å². The molecule has 1 unspecified atom stereocenters. The maximum Gasteiger partial charge on any atom is 0.408 e. The molecule has 0 aliphatic rings. The lowest BCUT2D eigenvalue weighted by atomic mass is 9.93. The van der Waals surface area contributed by atoms with Crippen LogP contribution in [0.2, 0.25) is 0 Å². The van der Waals surface area contributed by atoms with Crippen LogP contribution in [-0.4, -0.2) is 32.8 Å². The van der Waals surface area contributed by atoms with Crippen molar-refractivity contribution >= 4 is 17.6 Å². The SMILES string of the molecule is CCCNC(=O)OC(c1ccccc1)c1ccccc1/C(=C\OC)C(=O)OC. The molecule has 0 saturated carbocycles. The molecule has 1 amide bonds. The normalized spacial score (nSPS) is 12.0. The van der Waals surface area contributed by atoms with Gasteiger partial charge in [0.05, 0.1) is 20.5 Å². The Hall–Kier alpha value is -3.28. The Morgan fingerprint density at radius 3 is 2.36 bits per heavy atom. The number of methoxy groups -OCH3 is 2. The van der Waals surface area contributed by atoms with Crippen molar-refractivity contribution in [2.45, 2.75) is 19.4 Å². The average Bonchev–Trinajstić information content (AvgIpc) is 2.74. The largest absolute Gasteiger partial charge is 0.503 e. The second-order valence-electron chi connectivity index (χ2n) is 5.97. The summed E-state index contributed by atoms with van der Waals surface area (Å²) in [7, 11) is 2.76. The van der Waals surface area contributed by atoms with Gasteiger partial charge in [0, 0.05) is 12.1 Å². The first-order valence-electron chi connectivity index (χ1n) is 9.02. The van der Waals surface area contributed by atoms with Crippen molar-refractivity contribution in [2.75, 3.05) is 20.8 Å². The molecule has 1 atom stereocenters. The smallest absolute Gasteiger partial charge is 0.408 e. The summed E-state index contributed by atoms with van der Waals surface area (Å²) >= 11 is 0. The molecule has 0 spiro atoms. The van der Waals surface area contributed by atoms with Crippen molar-refractivity contribution in [3.63, 3.8) is 0 Å². The minimum atomic E-state index is -0.709. The Kier molecular flexibility index (Phi) is 8.09. The lowest BCUT2D eigenvalue weighted by Crippen LogP contribution is -2.27. The van der Waals surface area contributed by atoms with E-state index in [9.17, 15) is 9.59 Å². The van der Waals surface area contributed by atoms with Crippen LogP contribution in [0.15, 0.2) is 60.9 Å². The van der Waals surface area contributed by atoms with Gasteiger partial charge in [0.1, 0.15) is 5.57 Å². The highest BCUT2D eigenvalue weighted by atomic mass is 16.6. The molecule has 2 rings (SSSR count). The Labute approximate surface area is 165 Å². The van der Waals surface area contributed by atoms with E-state index in [1.165, 1.54) is 20.5 Å². The van der Waals surface area contributed by atoms with Gasteiger partial charge >= 0.3 is 12.1 Å². The number of esters is 1. The molecule has 148 valence electrons. The average molecular weight is 383 g/mol. The molecular formula is C22H25NO5. The Bertz CT molecular complexity index is 817. The first-order valence-corrected chi connectivity index (χ1v) is 9.02. The van der Waals surface area contributed by atoms with Crippen LogP contribution >= 0.6 is 0 Å². The maximum atomic E-state index is 12.3. The summed E-state index contributed by atoms with van der Waals surface area (Å²) in [6.45, 7) is 2.47. The van der Waals surface area contributed by atoms with E-state index < -0.39 is 18.2 Å². The van der Waals surface area contributed by atoms with Crippen molar-refractivity contribution < 1.29 is 23.8 Å². The van der Waals surface area contributed by atoms with E-state index in [2.05, 4.69) is 5.32 Å². The molecule has 0 aromatic heterocycles. The molecule has 1 N–H and O–H groups in total. The summed E-state index contributed by atoms with van der Waals surface area (Å²) < 4.78 is 15.7. The number of amides is 1. The summed E-state index contributed by atoms with van der Waals surface area (Å²) in [5.74, 6) is -0.545. The number of ether oxygens (including phenoxy) is 3. The molecule has 2 aromatic carbocycles. The van der Waals surface area contributed by atoms with Crippen LogP contribution in [0.25, 0.3) is 5.57 Å². The van der Waals surface area contributed by atoms with Gasteiger partial charge in [-0.15, -0.1) is 0 Å². The third kappa shape index (κ3) is 5.36. The van der Waals surface area contributed by atoms with Crippen LogP contribution in [0.5, 0.6) is 0 Å². The van der Waals surface area contributed by atoms with E-state index in [4.69, 9.17) is 14.2 Å². The lowest BCUT2D eigenvalue weighted by molar-refractivity contribution is -0.133. The third-order valence-corrected chi connectivity index (χ3v) is 4.02. The zero-order valence-corrected chi connectivity index (χ0v) is 16.3. The number of hydrogen-bond donors (Lipinski definition) is 1. The monoisotopic (exact) mass is 383 g/mol. The van der Waals surface area contributed by atoms with E-state index >= 15 is 0 Å². The zero-order chi connectivity index (χ0) is 20.4. The Morgan fingerprint density at radius 2 is 1.71 bits per heavy atom. The molecule has 0 saturated heterocycles. The molecule has 0 radical (unpaired) electrons. The number of rotatable bonds is 8. The highest BCUT2D eigenvalue weighted by molar-refractivity contribution is 6.16. The highest BCUT2D eigenvalue weighted by Crippen LogP contribution is 2.32. The van der Waals surface area contributed by atoms with Crippen molar-refractivity contribution in [3.8, 4) is 0 Å². The fraction of sp³-hybridized carbons (Fsp3) is 0.273. The van der Waals surface area contributed by atoms with Gasteiger partial charge in [-0.05, 0) is 17.5 Å². The standard InChI is InChI=1S/C22H25NO5/c1-4-14-23-22(25)28-20(16-10-6-5-7-11-16)18-13-9-8-12-17(18)19(15-26-2)21(24)27-3/h5-13,15,20H,4,14H2,1-3H3,(H,23,25)/b19-15+. The number of carbonyl (C=O) groups is 2. The molecular weight excluding hydrogens is 358 g/mol. The van der Waals surface area contributed by atoms with Gasteiger partial charge in [-0.3, -0.25) is 0 Å². The quantitative estimate of drug-likeness (QED) is 0.422. The van der Waals surface area contributed by atoms with Gasteiger partial charge in [-0.25, -0.2) is 9.59 Å². The molecule has 0 bridgehead atoms. The predicted molar refractivity (Wildman–Crippen MR) is 107 cm³/mol. The van der Waals surface area contributed by atoms with Crippen LogP contribution in [0.1, 0.15) is 36.1 Å². The predicted octanol–water partition coefficient (Wildman–Crippen LogP) is 4.07. The first-order chi connectivity index (χ1) is 13.6. The van der Waals surface area contributed by atoms with Crippen molar-refractivity contribution in [2.24, 2.45) is 0 Å². The van der Waals surface area contributed by atoms with Crippen LogP contribution in [0.4, 0.5) is 4.79 Å². The van der Waals surface area contributed by atoms with Gasteiger partial charge < -0.3 is 19.5 Å². The fourth-order valence-electron chi connectivity index (χ4n) is 2.73. The van der Waals surface area contributed by atoms with Gasteiger partial charge in [-0.2, -0.15) is 0 Å². The molecule has 6 heteroatoms. The van der Waals surface area contributed by atoms with Crippen molar-refractivity contribution in [3.05, 3.63) is 77.5 Å². The summed E-state index contributed by atoms with van der Waals surface area (Å²) in [5, 5.41) is 2.72. The zero-order valence-electron chi connectivity index (χ0n) is 16.3. The van der Waals surface area contributed by atoms with Gasteiger partial charge in [-0.1, -0.05) is 61.5 Å². The molecule has 2 aromatic rings. The molecule has 0 aliphatic heterocycles. The van der Waals surface area contributed by atoms with E-state index in [0.717, 1.165) is 12.0 Å². The summed E-state index contributed by atoms with van der Waals surface area (Å²) in [6, 6.07) is 16.5. The van der Waals surface area contributed by atoms with Crippen LogP contribution < -0.4 is 5.32 Å². The topological polar surface area (TPSA) is 73.9 Å². The summed E-state index contributed by atoms with van der Waals surface area (Å²) in [4.78, 5) is 24.6. The van der Waals surface area contributed by atoms with Gasteiger partial charge in [0.2, 0.25) is 0 Å². The molecule has 0 heterocycles. The van der Waals surface area contributed by atoms with Crippen LogP contribution in [0, 0.1) is 0 Å².